The Morgan fingerprint density at radius 1 is 0.292 bits per heavy atom. The molecule has 0 saturated heterocycles. The molecule has 0 nitrogen and oxygen atoms in total. The Balaban J connectivity index is 1.19. The molecular formula is C46H26S2. The second kappa shape index (κ2) is 9.98. The van der Waals surface area contributed by atoms with Gasteiger partial charge in [0.15, 0.2) is 0 Å². The third-order valence-electron chi connectivity index (χ3n) is 10.3. The van der Waals surface area contributed by atoms with Gasteiger partial charge in [0.2, 0.25) is 0 Å². The second-order valence-corrected chi connectivity index (χ2v) is 14.9. The summed E-state index contributed by atoms with van der Waals surface area (Å²) in [5.74, 6) is 0. The van der Waals surface area contributed by atoms with Gasteiger partial charge in [-0.25, -0.2) is 0 Å². The molecule has 0 bridgehead atoms. The fourth-order valence-corrected chi connectivity index (χ4v) is 10.5. The summed E-state index contributed by atoms with van der Waals surface area (Å²) in [6, 6.07) is 58.8. The maximum Gasteiger partial charge on any atom is 0.0361 e. The zero-order valence-corrected chi connectivity index (χ0v) is 27.5. The molecule has 0 aliphatic rings. The van der Waals surface area contributed by atoms with Gasteiger partial charge in [0.05, 0.1) is 0 Å². The summed E-state index contributed by atoms with van der Waals surface area (Å²) in [6.07, 6.45) is 0. The van der Waals surface area contributed by atoms with Crippen LogP contribution in [0.15, 0.2) is 158 Å². The Labute approximate surface area is 284 Å². The lowest BCUT2D eigenvalue weighted by atomic mass is 9.84. The highest BCUT2D eigenvalue weighted by molar-refractivity contribution is 7.26. The van der Waals surface area contributed by atoms with E-state index in [1.807, 2.05) is 22.7 Å². The Morgan fingerprint density at radius 2 is 0.792 bits per heavy atom. The van der Waals surface area contributed by atoms with Crippen molar-refractivity contribution in [3.05, 3.63) is 158 Å². The third kappa shape index (κ3) is 3.65. The number of fused-ring (bicyclic) bond motifs is 12. The molecule has 48 heavy (non-hydrogen) atoms. The van der Waals surface area contributed by atoms with Crippen LogP contribution in [-0.2, 0) is 0 Å². The van der Waals surface area contributed by atoms with Gasteiger partial charge >= 0.3 is 0 Å². The molecule has 0 N–H and O–H groups in total. The standard InChI is InChI=1S/C46H26S2/c1-2-12-29-27(10-1)11-9-18-30(29)44-33-15-5-3-13-31(33)43(32-14-4-6-16-34(32)44)28-20-21-38-42(26-28)48-41-25-23-35-36(46(38)41)22-24-40-45(35)37-17-7-8-19-39(37)47-40/h1-26H. The van der Waals surface area contributed by atoms with Crippen molar-refractivity contribution in [2.75, 3.05) is 0 Å². The van der Waals surface area contributed by atoms with Gasteiger partial charge in [0.25, 0.3) is 0 Å². The molecule has 2 heteroatoms. The lowest BCUT2D eigenvalue weighted by molar-refractivity contribution is 1.69. The fraction of sp³-hybridized carbons (Fsp3) is 0. The summed E-state index contributed by atoms with van der Waals surface area (Å²) in [5.41, 5.74) is 5.16. The predicted molar refractivity (Wildman–Crippen MR) is 213 cm³/mol. The number of thiophene rings is 2. The van der Waals surface area contributed by atoms with Crippen LogP contribution in [0.1, 0.15) is 0 Å². The molecule has 0 saturated carbocycles. The van der Waals surface area contributed by atoms with E-state index in [-0.39, 0.29) is 0 Å². The van der Waals surface area contributed by atoms with Crippen LogP contribution in [0.2, 0.25) is 0 Å². The molecule has 2 aromatic heterocycles. The quantitative estimate of drug-likeness (QED) is 0.165. The molecule has 2 heterocycles. The highest BCUT2D eigenvalue weighted by atomic mass is 32.1. The summed E-state index contributed by atoms with van der Waals surface area (Å²) in [5, 5.41) is 15.9. The molecule has 0 spiro atoms. The lowest BCUT2D eigenvalue weighted by Crippen LogP contribution is -1.91. The van der Waals surface area contributed by atoms with Crippen LogP contribution in [0.3, 0.4) is 0 Å². The third-order valence-corrected chi connectivity index (χ3v) is 12.5. The van der Waals surface area contributed by atoms with E-state index in [1.165, 1.54) is 106 Å². The van der Waals surface area contributed by atoms with Crippen molar-refractivity contribution in [2.24, 2.45) is 0 Å². The van der Waals surface area contributed by atoms with Crippen molar-refractivity contribution in [3.63, 3.8) is 0 Å². The molecule has 0 fully saturated rings. The Bertz CT molecular complexity index is 3060. The maximum absolute atomic E-state index is 2.44. The molecule has 0 radical (unpaired) electrons. The second-order valence-electron chi connectivity index (χ2n) is 12.8. The smallest absolute Gasteiger partial charge is 0.0361 e. The molecule has 0 amide bonds. The summed E-state index contributed by atoms with van der Waals surface area (Å²) in [7, 11) is 0. The summed E-state index contributed by atoms with van der Waals surface area (Å²) >= 11 is 3.80. The zero-order chi connectivity index (χ0) is 31.3. The van der Waals surface area contributed by atoms with E-state index in [9.17, 15) is 0 Å². The van der Waals surface area contributed by atoms with Gasteiger partial charge in [-0.1, -0.05) is 133 Å². The molecule has 222 valence electrons. The van der Waals surface area contributed by atoms with Crippen LogP contribution < -0.4 is 0 Å². The normalized spacial score (nSPS) is 12.2. The Morgan fingerprint density at radius 3 is 1.48 bits per heavy atom. The van der Waals surface area contributed by atoms with Gasteiger partial charge < -0.3 is 0 Å². The number of benzene rings is 9. The highest BCUT2D eigenvalue weighted by Crippen LogP contribution is 2.48. The van der Waals surface area contributed by atoms with Crippen molar-refractivity contribution in [3.8, 4) is 22.3 Å². The van der Waals surface area contributed by atoms with Gasteiger partial charge in [0, 0.05) is 40.3 Å². The van der Waals surface area contributed by atoms with E-state index < -0.39 is 0 Å². The molecular weight excluding hydrogens is 617 g/mol. The minimum atomic E-state index is 1.27. The topological polar surface area (TPSA) is 0 Å². The summed E-state index contributed by atoms with van der Waals surface area (Å²) in [6.45, 7) is 0. The molecule has 0 aliphatic heterocycles. The zero-order valence-electron chi connectivity index (χ0n) is 25.8. The fourth-order valence-electron chi connectivity index (χ4n) is 8.23. The number of hydrogen-bond donors (Lipinski definition) is 0. The van der Waals surface area contributed by atoms with Crippen LogP contribution in [0.5, 0.6) is 0 Å². The van der Waals surface area contributed by atoms with Crippen LogP contribution in [0, 0.1) is 0 Å². The summed E-state index contributed by atoms with van der Waals surface area (Å²) < 4.78 is 5.38. The molecule has 0 aliphatic carbocycles. The number of rotatable bonds is 2. The van der Waals surface area contributed by atoms with Crippen molar-refractivity contribution in [2.45, 2.75) is 0 Å². The van der Waals surface area contributed by atoms with E-state index in [0.717, 1.165) is 0 Å². The van der Waals surface area contributed by atoms with Gasteiger partial charge in [-0.15, -0.1) is 22.7 Å². The largest absolute Gasteiger partial charge is 0.135 e. The average molecular weight is 643 g/mol. The average Bonchev–Trinajstić information content (AvgIpc) is 3.72. The summed E-state index contributed by atoms with van der Waals surface area (Å²) in [4.78, 5) is 0. The van der Waals surface area contributed by atoms with E-state index >= 15 is 0 Å². The van der Waals surface area contributed by atoms with E-state index in [2.05, 4.69) is 158 Å². The van der Waals surface area contributed by atoms with Gasteiger partial charge in [0.1, 0.15) is 0 Å². The van der Waals surface area contributed by atoms with E-state index in [4.69, 9.17) is 0 Å². The minimum Gasteiger partial charge on any atom is -0.135 e. The first-order chi connectivity index (χ1) is 23.8. The first-order valence-electron chi connectivity index (χ1n) is 16.4. The maximum atomic E-state index is 2.44. The van der Waals surface area contributed by atoms with Crippen molar-refractivity contribution in [1.29, 1.82) is 0 Å². The molecule has 0 unspecified atom stereocenters. The van der Waals surface area contributed by atoms with Crippen molar-refractivity contribution < 1.29 is 0 Å². The lowest BCUT2D eigenvalue weighted by Gasteiger charge is -2.18. The molecule has 11 aromatic rings. The SMILES string of the molecule is c1ccc2c(-c3c4ccccc4c(-c4ccc5c(c4)sc4ccc6c(ccc7sc8ccccc8c76)c45)c4ccccc34)cccc2c1. The molecule has 0 atom stereocenters. The van der Waals surface area contributed by atoms with Gasteiger partial charge in [-0.05, 0) is 89.6 Å². The predicted octanol–water partition coefficient (Wildman–Crippen LogP) is 14.4. The van der Waals surface area contributed by atoms with E-state index in [1.54, 1.807) is 0 Å². The van der Waals surface area contributed by atoms with Crippen LogP contribution in [-0.4, -0.2) is 0 Å². The minimum absolute atomic E-state index is 1.27. The first-order valence-corrected chi connectivity index (χ1v) is 18.1. The van der Waals surface area contributed by atoms with Gasteiger partial charge in [-0.3, -0.25) is 0 Å². The Hall–Kier alpha value is -5.54. The molecule has 11 rings (SSSR count). The monoisotopic (exact) mass is 642 g/mol. The highest BCUT2D eigenvalue weighted by Gasteiger charge is 2.19. The van der Waals surface area contributed by atoms with Crippen LogP contribution in [0.25, 0.3) is 106 Å². The van der Waals surface area contributed by atoms with Crippen molar-refractivity contribution in [1.82, 2.24) is 0 Å². The van der Waals surface area contributed by atoms with Gasteiger partial charge in [-0.2, -0.15) is 0 Å². The van der Waals surface area contributed by atoms with Crippen molar-refractivity contribution >= 4 is 106 Å². The van der Waals surface area contributed by atoms with Crippen LogP contribution in [0.4, 0.5) is 0 Å². The Kier molecular flexibility index (Phi) is 5.51. The number of hydrogen-bond acceptors (Lipinski definition) is 2. The molecule has 9 aromatic carbocycles. The first kappa shape index (κ1) is 26.5. The van der Waals surface area contributed by atoms with Crippen LogP contribution >= 0.6 is 22.7 Å². The van der Waals surface area contributed by atoms with E-state index in [0.29, 0.717) is 0 Å².